The van der Waals surface area contributed by atoms with Gasteiger partial charge in [-0.2, -0.15) is 5.10 Å². The minimum Gasteiger partial charge on any atom is -0.294 e. The van der Waals surface area contributed by atoms with Crippen molar-refractivity contribution < 1.29 is 4.79 Å². The molecule has 4 aromatic rings. The van der Waals surface area contributed by atoms with Gasteiger partial charge in [-0.1, -0.05) is 35.7 Å². The molecule has 3 heterocycles. The van der Waals surface area contributed by atoms with Crippen LogP contribution in [0.15, 0.2) is 67.3 Å². The number of nitrogens with zero attached hydrogens (tertiary/aromatic N) is 4. The normalized spacial score (nSPS) is 10.4. The summed E-state index contributed by atoms with van der Waals surface area (Å²) < 4.78 is 1.67. The smallest absolute Gasteiger partial charge is 0.168 e. The highest BCUT2D eigenvalue weighted by molar-refractivity contribution is 5.97. The highest BCUT2D eigenvalue weighted by Gasteiger charge is 2.08. The molecule has 0 atom stereocenters. The number of hydrogen-bond donors (Lipinski definition) is 0. The van der Waals surface area contributed by atoms with Crippen molar-refractivity contribution in [3.05, 3.63) is 95.2 Å². The maximum absolute atomic E-state index is 12.6. The summed E-state index contributed by atoms with van der Waals surface area (Å²) in [5, 5.41) is 4.24. The summed E-state index contributed by atoms with van der Waals surface area (Å²) in [6.45, 7) is 2.01. The summed E-state index contributed by atoms with van der Waals surface area (Å²) in [6.07, 6.45) is 6.94. The number of rotatable bonds is 3. The number of carbonyl (C=O) groups excluding carboxylic acids is 1. The van der Waals surface area contributed by atoms with Crippen molar-refractivity contribution in [1.82, 2.24) is 19.6 Å². The van der Waals surface area contributed by atoms with Gasteiger partial charge in [0, 0.05) is 36.1 Å². The molecule has 27 heavy (non-hydrogen) atoms. The average molecular weight is 352 g/mol. The molecule has 0 aliphatic rings. The second-order valence-electron chi connectivity index (χ2n) is 6.24. The lowest BCUT2D eigenvalue weighted by Crippen LogP contribution is -2.04. The average Bonchev–Trinajstić information content (AvgIpc) is 3.10. The van der Waals surface area contributed by atoms with Crippen LogP contribution < -0.4 is 0 Å². The summed E-state index contributed by atoms with van der Waals surface area (Å²) in [5.41, 5.74) is 4.78. The lowest BCUT2D eigenvalue weighted by molar-refractivity contribution is 0.0992. The van der Waals surface area contributed by atoms with E-state index in [0.717, 1.165) is 16.8 Å². The molecule has 0 N–H and O–H groups in total. The molecule has 0 radical (unpaired) electrons. The van der Waals surface area contributed by atoms with Crippen LogP contribution in [0.2, 0.25) is 0 Å². The minimum absolute atomic E-state index is 0.0215. The van der Waals surface area contributed by atoms with E-state index in [1.807, 2.05) is 43.3 Å². The van der Waals surface area contributed by atoms with Crippen LogP contribution in [0.3, 0.4) is 0 Å². The number of aromatic nitrogens is 4. The predicted octanol–water partition coefficient (Wildman–Crippen LogP) is 3.26. The van der Waals surface area contributed by atoms with Gasteiger partial charge in [-0.05, 0) is 36.6 Å². The number of hydrogen-bond acceptors (Lipinski definition) is 4. The molecule has 5 heteroatoms. The van der Waals surface area contributed by atoms with E-state index in [9.17, 15) is 4.79 Å². The van der Waals surface area contributed by atoms with Crippen molar-refractivity contribution in [2.24, 2.45) is 0 Å². The largest absolute Gasteiger partial charge is 0.294 e. The van der Waals surface area contributed by atoms with E-state index in [0.29, 0.717) is 23.2 Å². The summed E-state index contributed by atoms with van der Waals surface area (Å²) in [4.78, 5) is 21.0. The maximum atomic E-state index is 12.6. The van der Waals surface area contributed by atoms with Gasteiger partial charge in [0.05, 0.1) is 6.20 Å². The number of Topliss-reactive ketones (excluding diaryl/α,β-unsaturated/α-hetero) is 1. The number of aryl methyl sites for hydroxylation is 1. The molecule has 0 saturated heterocycles. The van der Waals surface area contributed by atoms with Crippen LogP contribution in [0.5, 0.6) is 0 Å². The van der Waals surface area contributed by atoms with Crippen molar-refractivity contribution in [2.45, 2.75) is 13.3 Å². The van der Waals surface area contributed by atoms with Crippen LogP contribution in [0.25, 0.3) is 5.65 Å². The fourth-order valence-electron chi connectivity index (χ4n) is 2.82. The van der Waals surface area contributed by atoms with Crippen molar-refractivity contribution in [3.8, 4) is 11.8 Å². The first-order valence-corrected chi connectivity index (χ1v) is 8.53. The number of carbonyl (C=O) groups is 1. The fourth-order valence-corrected chi connectivity index (χ4v) is 2.82. The third kappa shape index (κ3) is 3.75. The topological polar surface area (TPSA) is 60.2 Å². The van der Waals surface area contributed by atoms with Crippen LogP contribution >= 0.6 is 0 Å². The van der Waals surface area contributed by atoms with Gasteiger partial charge in [-0.25, -0.2) is 9.50 Å². The highest BCUT2D eigenvalue weighted by Crippen LogP contribution is 2.10. The van der Waals surface area contributed by atoms with E-state index in [2.05, 4.69) is 26.9 Å². The fraction of sp³-hybridized carbons (Fsp3) is 0.0909. The van der Waals surface area contributed by atoms with E-state index in [1.165, 1.54) is 0 Å². The lowest BCUT2D eigenvalue weighted by atomic mass is 10.0. The Morgan fingerprint density at radius 3 is 2.89 bits per heavy atom. The van der Waals surface area contributed by atoms with Crippen molar-refractivity contribution in [3.63, 3.8) is 0 Å². The Morgan fingerprint density at radius 1 is 1.07 bits per heavy atom. The van der Waals surface area contributed by atoms with Gasteiger partial charge in [-0.3, -0.25) is 9.78 Å². The highest BCUT2D eigenvalue weighted by atomic mass is 16.1. The van der Waals surface area contributed by atoms with Gasteiger partial charge in [0.2, 0.25) is 0 Å². The molecule has 3 aromatic heterocycles. The van der Waals surface area contributed by atoms with Crippen LogP contribution in [0.4, 0.5) is 0 Å². The van der Waals surface area contributed by atoms with Gasteiger partial charge in [0.25, 0.3) is 0 Å². The standard InChI is InChI=1S/C22H16N4O/c1-16-4-2-5-17(10-16)12-21(27)19-11-18(13-23-14-19)7-8-20-15-24-22-6-3-9-25-26(20)22/h2-6,9-11,13-15H,12H2,1H3. The molecule has 0 unspecified atom stereocenters. The Kier molecular flexibility index (Phi) is 4.46. The van der Waals surface area contributed by atoms with Gasteiger partial charge in [0.1, 0.15) is 5.69 Å². The Balaban J connectivity index is 1.57. The molecule has 1 aromatic carbocycles. The Labute approximate surface area is 156 Å². The molecule has 0 saturated carbocycles. The van der Waals surface area contributed by atoms with E-state index < -0.39 is 0 Å². The number of imidazole rings is 1. The first-order chi connectivity index (χ1) is 13.2. The van der Waals surface area contributed by atoms with E-state index in [1.54, 1.807) is 35.4 Å². The van der Waals surface area contributed by atoms with Crippen LogP contribution in [0, 0.1) is 18.8 Å². The van der Waals surface area contributed by atoms with Gasteiger partial charge in [-0.15, -0.1) is 0 Å². The zero-order chi connectivity index (χ0) is 18.6. The van der Waals surface area contributed by atoms with Gasteiger partial charge >= 0.3 is 0 Å². The van der Waals surface area contributed by atoms with Crippen molar-refractivity contribution in [1.29, 1.82) is 0 Å². The third-order valence-electron chi connectivity index (χ3n) is 4.12. The molecular formula is C22H16N4O. The molecule has 0 aliphatic carbocycles. The molecular weight excluding hydrogens is 336 g/mol. The zero-order valence-corrected chi connectivity index (χ0v) is 14.8. The monoisotopic (exact) mass is 352 g/mol. The predicted molar refractivity (Wildman–Crippen MR) is 102 cm³/mol. The van der Waals surface area contributed by atoms with Gasteiger partial charge < -0.3 is 0 Å². The zero-order valence-electron chi connectivity index (χ0n) is 14.8. The molecule has 0 fully saturated rings. The number of benzene rings is 1. The number of ketones is 1. The van der Waals surface area contributed by atoms with Crippen molar-refractivity contribution >= 4 is 11.4 Å². The number of pyridine rings is 1. The summed E-state index contributed by atoms with van der Waals surface area (Å²) >= 11 is 0. The SMILES string of the molecule is Cc1cccc(CC(=O)c2cncc(C#Cc3cnc4cccnn34)c2)c1. The van der Waals surface area contributed by atoms with Crippen LogP contribution in [-0.4, -0.2) is 25.4 Å². The molecule has 4 rings (SSSR count). The molecule has 0 bridgehead atoms. The van der Waals surface area contributed by atoms with E-state index >= 15 is 0 Å². The molecule has 0 aliphatic heterocycles. The summed E-state index contributed by atoms with van der Waals surface area (Å²) in [5.74, 6) is 6.11. The quantitative estimate of drug-likeness (QED) is 0.419. The molecule has 0 amide bonds. The third-order valence-corrected chi connectivity index (χ3v) is 4.12. The first kappa shape index (κ1) is 16.7. The van der Waals surface area contributed by atoms with E-state index in [-0.39, 0.29) is 5.78 Å². The summed E-state index contributed by atoms with van der Waals surface area (Å²) in [6, 6.07) is 13.4. The summed E-state index contributed by atoms with van der Waals surface area (Å²) in [7, 11) is 0. The number of fused-ring (bicyclic) bond motifs is 1. The second kappa shape index (κ2) is 7.22. The van der Waals surface area contributed by atoms with Crippen LogP contribution in [0.1, 0.15) is 32.7 Å². The molecule has 130 valence electrons. The Morgan fingerprint density at radius 2 is 2.00 bits per heavy atom. The molecule has 5 nitrogen and oxygen atoms in total. The Hall–Kier alpha value is -3.78. The second-order valence-corrected chi connectivity index (χ2v) is 6.24. The lowest BCUT2D eigenvalue weighted by Gasteiger charge is -2.03. The Bertz CT molecular complexity index is 1200. The van der Waals surface area contributed by atoms with Gasteiger partial charge in [0.15, 0.2) is 11.4 Å². The van der Waals surface area contributed by atoms with Crippen molar-refractivity contribution in [2.75, 3.05) is 0 Å². The minimum atomic E-state index is 0.0215. The maximum Gasteiger partial charge on any atom is 0.168 e. The first-order valence-electron chi connectivity index (χ1n) is 8.53. The van der Waals surface area contributed by atoms with Crippen LogP contribution in [-0.2, 0) is 6.42 Å². The van der Waals surface area contributed by atoms with E-state index in [4.69, 9.17) is 0 Å². The molecule has 0 spiro atoms.